The smallest absolute Gasteiger partial charge is 0.336 e. The van der Waals surface area contributed by atoms with Crippen molar-refractivity contribution in [2.24, 2.45) is 0 Å². The number of halogens is 1. The van der Waals surface area contributed by atoms with Crippen LogP contribution in [0.25, 0.3) is 22.3 Å². The molecule has 6 nitrogen and oxygen atoms in total. The first kappa shape index (κ1) is 15.4. The molecule has 0 aliphatic heterocycles. The van der Waals surface area contributed by atoms with Crippen molar-refractivity contribution in [3.63, 3.8) is 0 Å². The molecule has 0 aliphatic carbocycles. The number of carbonyl (C=O) groups is 1. The summed E-state index contributed by atoms with van der Waals surface area (Å²) in [6.45, 7) is 0. The molecule has 0 atom stereocenters. The molecule has 0 aliphatic rings. The summed E-state index contributed by atoms with van der Waals surface area (Å²) in [7, 11) is 1.35. The Kier molecular flexibility index (Phi) is 3.75. The fourth-order valence-electron chi connectivity index (χ4n) is 2.18. The minimum Gasteiger partial charge on any atom is -0.478 e. The van der Waals surface area contributed by atoms with E-state index < -0.39 is 15.0 Å². The normalized spacial score (nSPS) is 11.5. The van der Waals surface area contributed by atoms with E-state index in [1.54, 1.807) is 24.4 Å². The highest BCUT2D eigenvalue weighted by Gasteiger charge is 2.17. The molecular weight excluding hydrogens is 340 g/mol. The van der Waals surface area contributed by atoms with Crippen molar-refractivity contribution in [1.29, 1.82) is 0 Å². The molecule has 0 bridgehead atoms. The molecule has 8 heteroatoms. The van der Waals surface area contributed by atoms with E-state index in [1.165, 1.54) is 24.3 Å². The summed E-state index contributed by atoms with van der Waals surface area (Å²) in [4.78, 5) is 19.8. The molecule has 0 spiro atoms. The first-order chi connectivity index (χ1) is 10.9. The molecule has 0 amide bonds. The third-order valence-corrected chi connectivity index (χ3v) is 4.57. The summed E-state index contributed by atoms with van der Waals surface area (Å²) in [5.74, 6) is -1.20. The average Bonchev–Trinajstić information content (AvgIpc) is 2.53. The molecule has 23 heavy (non-hydrogen) atoms. The van der Waals surface area contributed by atoms with Crippen molar-refractivity contribution in [1.82, 2.24) is 9.97 Å². The third kappa shape index (κ3) is 3.01. The topological polar surface area (TPSA) is 97.2 Å². The molecular formula is C15H9ClN2O4S. The second-order valence-corrected chi connectivity index (χ2v) is 7.26. The number of rotatable bonds is 3. The van der Waals surface area contributed by atoms with E-state index >= 15 is 0 Å². The highest BCUT2D eigenvalue weighted by atomic mass is 35.7. The largest absolute Gasteiger partial charge is 0.478 e. The Hall–Kier alpha value is -2.51. The van der Waals surface area contributed by atoms with Gasteiger partial charge in [-0.1, -0.05) is 6.07 Å². The lowest BCUT2D eigenvalue weighted by atomic mass is 10.1. The quantitative estimate of drug-likeness (QED) is 0.731. The number of aromatic carboxylic acids is 1. The summed E-state index contributed by atoms with van der Waals surface area (Å²) in [5, 5.41) is 9.61. The fraction of sp³-hybridized carbons (Fsp3) is 0. The minimum atomic E-state index is -3.96. The maximum Gasteiger partial charge on any atom is 0.336 e. The number of hydrogen-bond donors (Lipinski definition) is 1. The fourth-order valence-corrected chi connectivity index (χ4v) is 2.96. The number of hydrogen-bond acceptors (Lipinski definition) is 5. The summed E-state index contributed by atoms with van der Waals surface area (Å²) in [6, 6.07) is 10.5. The van der Waals surface area contributed by atoms with Gasteiger partial charge in [0.05, 0.1) is 27.4 Å². The Balaban J connectivity index is 2.32. The second kappa shape index (κ2) is 5.60. The summed E-state index contributed by atoms with van der Waals surface area (Å²) >= 11 is 0. The van der Waals surface area contributed by atoms with Gasteiger partial charge in [-0.3, -0.25) is 4.98 Å². The molecule has 0 saturated heterocycles. The zero-order chi connectivity index (χ0) is 16.6. The monoisotopic (exact) mass is 348 g/mol. The van der Waals surface area contributed by atoms with E-state index in [0.29, 0.717) is 16.9 Å². The van der Waals surface area contributed by atoms with Gasteiger partial charge in [0.2, 0.25) is 0 Å². The molecule has 3 rings (SSSR count). The second-order valence-electron chi connectivity index (χ2n) is 4.69. The van der Waals surface area contributed by atoms with Crippen molar-refractivity contribution in [3.05, 3.63) is 54.2 Å². The number of nitrogens with zero attached hydrogens (tertiary/aromatic N) is 2. The van der Waals surface area contributed by atoms with E-state index in [4.69, 9.17) is 10.7 Å². The van der Waals surface area contributed by atoms with Crippen LogP contribution < -0.4 is 0 Å². The summed E-state index contributed by atoms with van der Waals surface area (Å²) < 4.78 is 22.9. The van der Waals surface area contributed by atoms with Gasteiger partial charge in [-0.25, -0.2) is 18.2 Å². The van der Waals surface area contributed by atoms with Gasteiger partial charge in [0.1, 0.15) is 0 Å². The Morgan fingerprint density at radius 1 is 1.09 bits per heavy atom. The van der Waals surface area contributed by atoms with Crippen LogP contribution in [-0.2, 0) is 9.05 Å². The van der Waals surface area contributed by atoms with Crippen LogP contribution in [0, 0.1) is 0 Å². The van der Waals surface area contributed by atoms with Gasteiger partial charge in [0.25, 0.3) is 9.05 Å². The van der Waals surface area contributed by atoms with Gasteiger partial charge in [-0.2, -0.15) is 0 Å². The Bertz CT molecular complexity index is 1020. The molecule has 1 aromatic carbocycles. The highest BCUT2D eigenvalue weighted by Crippen LogP contribution is 2.27. The number of carboxylic acids is 1. The Labute approximate surface area is 135 Å². The maximum atomic E-state index is 11.5. The Morgan fingerprint density at radius 2 is 1.87 bits per heavy atom. The zero-order valence-corrected chi connectivity index (χ0v) is 13.0. The lowest BCUT2D eigenvalue weighted by Crippen LogP contribution is -2.02. The van der Waals surface area contributed by atoms with Crippen molar-refractivity contribution in [2.75, 3.05) is 0 Å². The number of aromatic nitrogens is 2. The van der Waals surface area contributed by atoms with E-state index in [0.717, 1.165) is 0 Å². The van der Waals surface area contributed by atoms with Crippen molar-refractivity contribution < 1.29 is 18.3 Å². The molecule has 0 saturated carbocycles. The van der Waals surface area contributed by atoms with Gasteiger partial charge >= 0.3 is 5.97 Å². The van der Waals surface area contributed by atoms with E-state index in [1.807, 2.05) is 0 Å². The van der Waals surface area contributed by atoms with Gasteiger partial charge in [-0.15, -0.1) is 0 Å². The van der Waals surface area contributed by atoms with Gasteiger partial charge < -0.3 is 5.11 Å². The van der Waals surface area contributed by atoms with Crippen LogP contribution in [0.2, 0.25) is 0 Å². The van der Waals surface area contributed by atoms with E-state index in [2.05, 4.69) is 9.97 Å². The van der Waals surface area contributed by atoms with Crippen molar-refractivity contribution in [2.45, 2.75) is 4.90 Å². The molecule has 2 heterocycles. The van der Waals surface area contributed by atoms with E-state index in [-0.39, 0.29) is 15.8 Å². The summed E-state index contributed by atoms with van der Waals surface area (Å²) in [6.07, 6.45) is 1.57. The lowest BCUT2D eigenvalue weighted by Gasteiger charge is -2.07. The van der Waals surface area contributed by atoms with Crippen LogP contribution in [0.15, 0.2) is 53.6 Å². The standard InChI is InChI=1S/C15H9ClN2O4S/c16-23(21,22)9-4-5-12-10(7-9)11(15(19)20)8-14(18-12)13-3-1-2-6-17-13/h1-8H,(H,19,20). The van der Waals surface area contributed by atoms with Gasteiger partial charge in [-0.05, 0) is 36.4 Å². The molecule has 116 valence electrons. The number of benzene rings is 1. The molecule has 2 aromatic heterocycles. The Morgan fingerprint density at radius 3 is 2.48 bits per heavy atom. The van der Waals surface area contributed by atoms with Crippen molar-refractivity contribution >= 4 is 36.6 Å². The minimum absolute atomic E-state index is 0.0715. The first-order valence-corrected chi connectivity index (χ1v) is 8.71. The molecule has 0 radical (unpaired) electrons. The van der Waals surface area contributed by atoms with Gasteiger partial charge in [0.15, 0.2) is 0 Å². The number of fused-ring (bicyclic) bond motifs is 1. The lowest BCUT2D eigenvalue weighted by molar-refractivity contribution is 0.0699. The first-order valence-electron chi connectivity index (χ1n) is 6.40. The number of carboxylic acid groups (broad SMARTS) is 1. The van der Waals surface area contributed by atoms with Crippen LogP contribution in [0.4, 0.5) is 0 Å². The third-order valence-electron chi connectivity index (χ3n) is 3.22. The number of pyridine rings is 2. The zero-order valence-electron chi connectivity index (χ0n) is 11.5. The van der Waals surface area contributed by atoms with E-state index in [9.17, 15) is 18.3 Å². The molecule has 1 N–H and O–H groups in total. The molecule has 3 aromatic rings. The SMILES string of the molecule is O=C(O)c1cc(-c2ccccn2)nc2ccc(S(=O)(=O)Cl)cc12. The highest BCUT2D eigenvalue weighted by molar-refractivity contribution is 8.13. The summed E-state index contributed by atoms with van der Waals surface area (Å²) in [5.41, 5.74) is 1.18. The van der Waals surface area contributed by atoms with Crippen LogP contribution >= 0.6 is 10.7 Å². The molecule has 0 fully saturated rings. The predicted molar refractivity (Wildman–Crippen MR) is 85.0 cm³/mol. The van der Waals surface area contributed by atoms with Gasteiger partial charge in [0, 0.05) is 22.3 Å². The van der Waals surface area contributed by atoms with Crippen LogP contribution in [0.5, 0.6) is 0 Å². The van der Waals surface area contributed by atoms with Crippen LogP contribution in [0.3, 0.4) is 0 Å². The van der Waals surface area contributed by atoms with Crippen LogP contribution in [-0.4, -0.2) is 29.5 Å². The average molecular weight is 349 g/mol. The van der Waals surface area contributed by atoms with Crippen LogP contribution in [0.1, 0.15) is 10.4 Å². The predicted octanol–water partition coefficient (Wildman–Crippen LogP) is 2.92. The maximum absolute atomic E-state index is 11.5. The molecule has 0 unspecified atom stereocenters. The van der Waals surface area contributed by atoms with Crippen molar-refractivity contribution in [3.8, 4) is 11.4 Å².